The maximum absolute atomic E-state index is 5.76. The molecule has 2 rings (SSSR count). The van der Waals surface area contributed by atoms with Crippen LogP contribution in [-0.2, 0) is 6.54 Å². The van der Waals surface area contributed by atoms with Crippen LogP contribution in [0.5, 0.6) is 5.75 Å². The second-order valence-electron chi connectivity index (χ2n) is 5.44. The van der Waals surface area contributed by atoms with Gasteiger partial charge in [0, 0.05) is 16.6 Å². The topological polar surface area (TPSA) is 21.3 Å². The predicted molar refractivity (Wildman–Crippen MR) is 91.3 cm³/mol. The smallest absolute Gasteiger partial charge is 0.138 e. The van der Waals surface area contributed by atoms with Crippen LogP contribution in [0.25, 0.3) is 0 Å². The fourth-order valence-corrected chi connectivity index (χ4v) is 4.28. The Labute approximate surface area is 138 Å². The molecule has 0 bridgehead atoms. The zero-order valence-corrected chi connectivity index (χ0v) is 15.2. The Kier molecular flexibility index (Phi) is 6.85. The molecule has 0 spiro atoms. The summed E-state index contributed by atoms with van der Waals surface area (Å²) in [7, 11) is 0. The lowest BCUT2D eigenvalue weighted by molar-refractivity contribution is 0.326. The average molecular weight is 405 g/mol. The minimum Gasteiger partial charge on any atom is -0.492 e. The van der Waals surface area contributed by atoms with E-state index in [0.717, 1.165) is 33.7 Å². The summed E-state index contributed by atoms with van der Waals surface area (Å²) in [5, 5.41) is 3.60. The van der Waals surface area contributed by atoms with E-state index in [-0.39, 0.29) is 0 Å². The normalized spacial score (nSPS) is 16.4. The molecule has 4 heteroatoms. The molecule has 1 aromatic carbocycles. The molecule has 0 radical (unpaired) electrons. The van der Waals surface area contributed by atoms with E-state index in [2.05, 4.69) is 43.2 Å². The molecule has 0 unspecified atom stereocenters. The van der Waals surface area contributed by atoms with Crippen LogP contribution in [0, 0.1) is 5.92 Å². The molecule has 1 aromatic rings. The summed E-state index contributed by atoms with van der Waals surface area (Å²) in [6, 6.07) is 4.18. The molecular weight excluding hydrogens is 382 g/mol. The molecule has 1 fully saturated rings. The molecule has 1 aliphatic rings. The van der Waals surface area contributed by atoms with Gasteiger partial charge >= 0.3 is 0 Å². The van der Waals surface area contributed by atoms with Crippen molar-refractivity contribution >= 4 is 31.9 Å². The molecule has 0 saturated heterocycles. The van der Waals surface area contributed by atoms with Crippen molar-refractivity contribution in [3.63, 3.8) is 0 Å². The quantitative estimate of drug-likeness (QED) is 0.696. The second kappa shape index (κ2) is 8.40. The van der Waals surface area contributed by atoms with E-state index in [0.29, 0.717) is 6.61 Å². The Morgan fingerprint density at radius 2 is 1.95 bits per heavy atom. The van der Waals surface area contributed by atoms with Gasteiger partial charge in [0.15, 0.2) is 0 Å². The molecule has 112 valence electrons. The summed E-state index contributed by atoms with van der Waals surface area (Å²) >= 11 is 7.14. The first-order chi connectivity index (χ1) is 9.70. The number of benzene rings is 1. The van der Waals surface area contributed by atoms with Gasteiger partial charge < -0.3 is 10.1 Å². The summed E-state index contributed by atoms with van der Waals surface area (Å²) in [6.07, 6.45) is 6.99. The molecular formula is C16H23Br2NO. The van der Waals surface area contributed by atoms with Crippen LogP contribution in [0.15, 0.2) is 21.1 Å². The standard InChI is InChI=1S/C16H23Br2NO/c1-2-20-16-13(8-14(17)9-15(16)18)11-19-10-12-6-4-3-5-7-12/h8-9,12,19H,2-7,10-11H2,1H3. The minimum atomic E-state index is 0.690. The van der Waals surface area contributed by atoms with E-state index in [9.17, 15) is 0 Å². The van der Waals surface area contributed by atoms with Gasteiger partial charge in [-0.05, 0) is 60.3 Å². The molecule has 1 saturated carbocycles. The molecule has 20 heavy (non-hydrogen) atoms. The maximum Gasteiger partial charge on any atom is 0.138 e. The third kappa shape index (κ3) is 4.74. The van der Waals surface area contributed by atoms with Crippen molar-refractivity contribution in [3.8, 4) is 5.75 Å². The number of hydrogen-bond donors (Lipinski definition) is 1. The highest BCUT2D eigenvalue weighted by Crippen LogP contribution is 2.33. The highest BCUT2D eigenvalue weighted by Gasteiger charge is 2.14. The van der Waals surface area contributed by atoms with Gasteiger partial charge in [-0.15, -0.1) is 0 Å². The Balaban J connectivity index is 1.93. The zero-order chi connectivity index (χ0) is 14.4. The summed E-state index contributed by atoms with van der Waals surface area (Å²) in [5.74, 6) is 1.82. The Morgan fingerprint density at radius 3 is 2.65 bits per heavy atom. The fraction of sp³-hybridized carbons (Fsp3) is 0.625. The van der Waals surface area contributed by atoms with E-state index in [1.807, 2.05) is 13.0 Å². The molecule has 0 aliphatic heterocycles. The molecule has 0 heterocycles. The van der Waals surface area contributed by atoms with E-state index in [4.69, 9.17) is 4.74 Å². The van der Waals surface area contributed by atoms with Crippen molar-refractivity contribution in [2.75, 3.05) is 13.2 Å². The highest BCUT2D eigenvalue weighted by atomic mass is 79.9. The SMILES string of the molecule is CCOc1c(Br)cc(Br)cc1CNCC1CCCCC1. The molecule has 1 N–H and O–H groups in total. The monoisotopic (exact) mass is 403 g/mol. The van der Waals surface area contributed by atoms with Crippen LogP contribution in [0.1, 0.15) is 44.6 Å². The van der Waals surface area contributed by atoms with Crippen LogP contribution in [-0.4, -0.2) is 13.2 Å². The Bertz CT molecular complexity index is 431. The molecule has 0 amide bonds. The summed E-state index contributed by atoms with van der Waals surface area (Å²) in [4.78, 5) is 0. The lowest BCUT2D eigenvalue weighted by Gasteiger charge is -2.22. The van der Waals surface area contributed by atoms with Crippen molar-refractivity contribution in [1.29, 1.82) is 0 Å². The first kappa shape index (κ1) is 16.3. The lowest BCUT2D eigenvalue weighted by Crippen LogP contribution is -2.24. The van der Waals surface area contributed by atoms with Gasteiger partial charge in [0.1, 0.15) is 5.75 Å². The van der Waals surface area contributed by atoms with Crippen molar-refractivity contribution in [2.24, 2.45) is 5.92 Å². The van der Waals surface area contributed by atoms with Crippen LogP contribution in [0.4, 0.5) is 0 Å². The van der Waals surface area contributed by atoms with E-state index >= 15 is 0 Å². The average Bonchev–Trinajstić information content (AvgIpc) is 2.43. The fourth-order valence-electron chi connectivity index (χ4n) is 2.85. The van der Waals surface area contributed by atoms with Crippen LogP contribution in [0.3, 0.4) is 0 Å². The lowest BCUT2D eigenvalue weighted by atomic mass is 9.89. The summed E-state index contributed by atoms with van der Waals surface area (Å²) < 4.78 is 7.86. The third-order valence-electron chi connectivity index (χ3n) is 3.85. The summed E-state index contributed by atoms with van der Waals surface area (Å²) in [6.45, 7) is 4.70. The van der Waals surface area contributed by atoms with Gasteiger partial charge in [-0.1, -0.05) is 35.2 Å². The molecule has 0 atom stereocenters. The Hall–Kier alpha value is -0.0600. The largest absolute Gasteiger partial charge is 0.492 e. The number of halogens is 2. The van der Waals surface area contributed by atoms with Gasteiger partial charge in [-0.3, -0.25) is 0 Å². The number of hydrogen-bond acceptors (Lipinski definition) is 2. The Morgan fingerprint density at radius 1 is 1.20 bits per heavy atom. The van der Waals surface area contributed by atoms with E-state index in [1.54, 1.807) is 0 Å². The van der Waals surface area contributed by atoms with Gasteiger partial charge in [0.25, 0.3) is 0 Å². The van der Waals surface area contributed by atoms with Crippen LogP contribution >= 0.6 is 31.9 Å². The first-order valence-electron chi connectivity index (χ1n) is 7.52. The maximum atomic E-state index is 5.76. The van der Waals surface area contributed by atoms with Crippen molar-refractivity contribution in [2.45, 2.75) is 45.6 Å². The zero-order valence-electron chi connectivity index (χ0n) is 12.1. The van der Waals surface area contributed by atoms with Gasteiger partial charge in [-0.2, -0.15) is 0 Å². The van der Waals surface area contributed by atoms with Crippen LogP contribution < -0.4 is 10.1 Å². The van der Waals surface area contributed by atoms with Crippen LogP contribution in [0.2, 0.25) is 0 Å². The van der Waals surface area contributed by atoms with Crippen molar-refractivity contribution in [3.05, 3.63) is 26.6 Å². The number of nitrogens with one attached hydrogen (secondary N) is 1. The van der Waals surface area contributed by atoms with Gasteiger partial charge in [0.2, 0.25) is 0 Å². The minimum absolute atomic E-state index is 0.690. The van der Waals surface area contributed by atoms with Crippen molar-refractivity contribution in [1.82, 2.24) is 5.32 Å². The number of rotatable bonds is 6. The first-order valence-corrected chi connectivity index (χ1v) is 9.10. The molecule has 0 aromatic heterocycles. The second-order valence-corrected chi connectivity index (χ2v) is 7.21. The van der Waals surface area contributed by atoms with E-state index < -0.39 is 0 Å². The highest BCUT2D eigenvalue weighted by molar-refractivity contribution is 9.11. The van der Waals surface area contributed by atoms with Gasteiger partial charge in [-0.25, -0.2) is 0 Å². The predicted octanol–water partition coefficient (Wildman–Crippen LogP) is 5.28. The van der Waals surface area contributed by atoms with E-state index in [1.165, 1.54) is 37.7 Å². The third-order valence-corrected chi connectivity index (χ3v) is 4.89. The van der Waals surface area contributed by atoms with Gasteiger partial charge in [0.05, 0.1) is 11.1 Å². The molecule has 1 aliphatic carbocycles. The molecule has 2 nitrogen and oxygen atoms in total. The van der Waals surface area contributed by atoms with Crippen molar-refractivity contribution < 1.29 is 4.74 Å². The summed E-state index contributed by atoms with van der Waals surface area (Å²) in [5.41, 5.74) is 1.21. The number of ether oxygens (including phenoxy) is 1.